The number of ether oxygens (including phenoxy) is 1. The Morgan fingerprint density at radius 3 is 2.17 bits per heavy atom. The van der Waals surface area contributed by atoms with Gasteiger partial charge in [0.2, 0.25) is 0 Å². The van der Waals surface area contributed by atoms with Gasteiger partial charge in [0.25, 0.3) is 0 Å². The first-order valence-corrected chi connectivity index (χ1v) is 11.2. The monoisotopic (exact) mass is 406 g/mol. The first-order valence-electron chi connectivity index (χ1n) is 9.95. The molecule has 3 nitrogen and oxygen atoms in total. The molecule has 1 unspecified atom stereocenters. The molecule has 0 aliphatic heterocycles. The third kappa shape index (κ3) is 6.55. The Morgan fingerprint density at radius 1 is 0.862 bits per heavy atom. The van der Waals surface area contributed by atoms with Crippen molar-refractivity contribution in [3.63, 3.8) is 0 Å². The van der Waals surface area contributed by atoms with E-state index in [2.05, 4.69) is 96.6 Å². The third-order valence-corrected chi connectivity index (χ3v) is 5.64. The highest BCUT2D eigenvalue weighted by molar-refractivity contribution is 7.98. The van der Waals surface area contributed by atoms with E-state index < -0.39 is 0 Å². The lowest BCUT2D eigenvalue weighted by molar-refractivity contribution is 0.185. The quantitative estimate of drug-likeness (QED) is 0.405. The molecule has 2 N–H and O–H groups in total. The van der Waals surface area contributed by atoms with Crippen LogP contribution in [-0.4, -0.2) is 26.0 Å². The summed E-state index contributed by atoms with van der Waals surface area (Å²) in [5.41, 5.74) is 6.06. The van der Waals surface area contributed by atoms with Crippen LogP contribution in [0.4, 0.5) is 11.4 Å². The van der Waals surface area contributed by atoms with Crippen molar-refractivity contribution < 1.29 is 4.74 Å². The Kier molecular flexibility index (Phi) is 8.03. The van der Waals surface area contributed by atoms with E-state index in [0.717, 1.165) is 24.3 Å². The molecule has 0 spiro atoms. The van der Waals surface area contributed by atoms with Gasteiger partial charge < -0.3 is 15.4 Å². The zero-order valence-corrected chi connectivity index (χ0v) is 18.3. The maximum Gasteiger partial charge on any atom is 0.0667 e. The van der Waals surface area contributed by atoms with Gasteiger partial charge in [0.1, 0.15) is 0 Å². The van der Waals surface area contributed by atoms with Crippen molar-refractivity contribution in [2.75, 3.05) is 30.6 Å². The average Bonchev–Trinajstić information content (AvgIpc) is 2.75. The molecule has 0 saturated heterocycles. The minimum absolute atomic E-state index is 0.200. The van der Waals surface area contributed by atoms with Crippen molar-refractivity contribution >= 4 is 23.1 Å². The van der Waals surface area contributed by atoms with Gasteiger partial charge in [-0.15, -0.1) is 11.8 Å². The SMILES string of the molecule is COCC(Cc1ccc(C)cc1)Nc1ccccc1NCc1ccc(SC)cc1. The van der Waals surface area contributed by atoms with Crippen LogP contribution in [0.25, 0.3) is 0 Å². The maximum absolute atomic E-state index is 5.48. The first kappa shape index (κ1) is 21.3. The largest absolute Gasteiger partial charge is 0.383 e. The maximum atomic E-state index is 5.48. The van der Waals surface area contributed by atoms with Crippen LogP contribution in [0.1, 0.15) is 16.7 Å². The first-order chi connectivity index (χ1) is 14.2. The summed E-state index contributed by atoms with van der Waals surface area (Å²) in [5, 5.41) is 7.25. The zero-order valence-electron chi connectivity index (χ0n) is 17.4. The molecule has 0 saturated carbocycles. The summed E-state index contributed by atoms with van der Waals surface area (Å²) in [4.78, 5) is 1.29. The fraction of sp³-hybridized carbons (Fsp3) is 0.280. The Labute approximate surface area is 178 Å². The van der Waals surface area contributed by atoms with Crippen LogP contribution in [0.5, 0.6) is 0 Å². The number of hydrogen-bond donors (Lipinski definition) is 2. The van der Waals surface area contributed by atoms with E-state index in [1.54, 1.807) is 18.9 Å². The van der Waals surface area contributed by atoms with Crippen molar-refractivity contribution in [1.29, 1.82) is 0 Å². The number of aryl methyl sites for hydroxylation is 1. The highest BCUT2D eigenvalue weighted by Gasteiger charge is 2.12. The summed E-state index contributed by atoms with van der Waals surface area (Å²) in [6, 6.07) is 26.0. The van der Waals surface area contributed by atoms with E-state index in [1.807, 2.05) is 0 Å². The van der Waals surface area contributed by atoms with Crippen LogP contribution in [0, 0.1) is 6.92 Å². The van der Waals surface area contributed by atoms with Crippen LogP contribution >= 0.6 is 11.8 Å². The van der Waals surface area contributed by atoms with E-state index in [9.17, 15) is 0 Å². The van der Waals surface area contributed by atoms with Crippen molar-refractivity contribution in [2.45, 2.75) is 30.8 Å². The summed E-state index contributed by atoms with van der Waals surface area (Å²) < 4.78 is 5.48. The molecule has 0 amide bonds. The van der Waals surface area contributed by atoms with Crippen molar-refractivity contribution in [2.24, 2.45) is 0 Å². The number of hydrogen-bond acceptors (Lipinski definition) is 4. The van der Waals surface area contributed by atoms with E-state index in [1.165, 1.54) is 21.6 Å². The number of nitrogens with one attached hydrogen (secondary N) is 2. The smallest absolute Gasteiger partial charge is 0.0667 e. The second kappa shape index (κ2) is 10.9. The normalized spacial score (nSPS) is 11.8. The van der Waals surface area contributed by atoms with Gasteiger partial charge in [-0.05, 0) is 55.0 Å². The van der Waals surface area contributed by atoms with Crippen LogP contribution in [0.3, 0.4) is 0 Å². The minimum Gasteiger partial charge on any atom is -0.383 e. The summed E-state index contributed by atoms with van der Waals surface area (Å²) in [5.74, 6) is 0. The Hall–Kier alpha value is -2.43. The van der Waals surface area contributed by atoms with Crippen LogP contribution in [0.15, 0.2) is 77.7 Å². The summed E-state index contributed by atoms with van der Waals surface area (Å²) in [7, 11) is 1.76. The second-order valence-electron chi connectivity index (χ2n) is 7.23. The number of benzene rings is 3. The molecule has 0 bridgehead atoms. The number of thioether (sulfide) groups is 1. The molecule has 29 heavy (non-hydrogen) atoms. The Balaban J connectivity index is 1.67. The molecule has 0 aliphatic rings. The molecule has 3 aromatic rings. The van der Waals surface area contributed by atoms with Gasteiger partial charge in [0.05, 0.1) is 24.0 Å². The highest BCUT2D eigenvalue weighted by atomic mass is 32.2. The van der Waals surface area contributed by atoms with Crippen molar-refractivity contribution in [3.05, 3.63) is 89.5 Å². The van der Waals surface area contributed by atoms with E-state index in [0.29, 0.717) is 6.61 Å². The third-order valence-electron chi connectivity index (χ3n) is 4.90. The molecule has 0 radical (unpaired) electrons. The van der Waals surface area contributed by atoms with Gasteiger partial charge in [0, 0.05) is 18.6 Å². The van der Waals surface area contributed by atoms with E-state index in [4.69, 9.17) is 4.74 Å². The summed E-state index contributed by atoms with van der Waals surface area (Å²) in [6.07, 6.45) is 3.01. The molecular formula is C25H30N2OS. The van der Waals surface area contributed by atoms with Gasteiger partial charge in [-0.2, -0.15) is 0 Å². The molecule has 0 heterocycles. The average molecular weight is 407 g/mol. The molecule has 0 aromatic heterocycles. The molecule has 0 aliphatic carbocycles. The Bertz CT molecular complexity index is 878. The van der Waals surface area contributed by atoms with Gasteiger partial charge >= 0.3 is 0 Å². The van der Waals surface area contributed by atoms with E-state index >= 15 is 0 Å². The number of para-hydroxylation sites is 2. The predicted molar refractivity (Wildman–Crippen MR) is 126 cm³/mol. The predicted octanol–water partition coefficient (Wildman–Crippen LogP) is 6.00. The molecular weight excluding hydrogens is 376 g/mol. The lowest BCUT2D eigenvalue weighted by Gasteiger charge is -2.22. The fourth-order valence-electron chi connectivity index (χ4n) is 3.29. The molecule has 1 atom stereocenters. The molecule has 4 heteroatoms. The van der Waals surface area contributed by atoms with Crippen molar-refractivity contribution in [3.8, 4) is 0 Å². The Morgan fingerprint density at radius 2 is 1.52 bits per heavy atom. The van der Waals surface area contributed by atoms with Crippen molar-refractivity contribution in [1.82, 2.24) is 0 Å². The van der Waals surface area contributed by atoms with Gasteiger partial charge in [-0.25, -0.2) is 0 Å². The lowest BCUT2D eigenvalue weighted by Crippen LogP contribution is -2.28. The fourth-order valence-corrected chi connectivity index (χ4v) is 3.69. The van der Waals surface area contributed by atoms with Gasteiger partial charge in [0.15, 0.2) is 0 Å². The molecule has 0 fully saturated rings. The van der Waals surface area contributed by atoms with Crippen LogP contribution in [-0.2, 0) is 17.7 Å². The summed E-state index contributed by atoms with van der Waals surface area (Å²) in [6.45, 7) is 3.56. The number of methoxy groups -OCH3 is 1. The lowest BCUT2D eigenvalue weighted by atomic mass is 10.0. The number of anilines is 2. The van der Waals surface area contributed by atoms with Crippen LogP contribution in [0.2, 0.25) is 0 Å². The molecule has 3 aromatic carbocycles. The highest BCUT2D eigenvalue weighted by Crippen LogP contribution is 2.24. The summed E-state index contributed by atoms with van der Waals surface area (Å²) >= 11 is 1.76. The van der Waals surface area contributed by atoms with Gasteiger partial charge in [-0.1, -0.05) is 54.1 Å². The zero-order chi connectivity index (χ0) is 20.5. The minimum atomic E-state index is 0.200. The van der Waals surface area contributed by atoms with E-state index in [-0.39, 0.29) is 6.04 Å². The topological polar surface area (TPSA) is 33.3 Å². The standard InChI is InChI=1S/C25H30N2OS/c1-19-8-10-20(11-9-19)16-22(18-28-2)27-25-7-5-4-6-24(25)26-17-21-12-14-23(29-3)15-13-21/h4-15,22,26-27H,16-18H2,1-3H3. The molecule has 3 rings (SSSR count). The second-order valence-corrected chi connectivity index (χ2v) is 8.11. The molecule has 152 valence electrons. The van der Waals surface area contributed by atoms with Crippen LogP contribution < -0.4 is 10.6 Å². The number of rotatable bonds is 10. The van der Waals surface area contributed by atoms with Gasteiger partial charge in [-0.3, -0.25) is 0 Å².